The fourth-order valence-corrected chi connectivity index (χ4v) is 6.64. The second-order valence-corrected chi connectivity index (χ2v) is 10.8. The molecule has 0 unspecified atom stereocenters. The molecular formula is C22H31N3O4. The molecule has 7 heteroatoms. The molecule has 1 aliphatic heterocycles. The van der Waals surface area contributed by atoms with Crippen LogP contribution in [0.15, 0.2) is 4.52 Å². The van der Waals surface area contributed by atoms with Crippen LogP contribution in [0.3, 0.4) is 0 Å². The summed E-state index contributed by atoms with van der Waals surface area (Å²) >= 11 is 0. The molecule has 7 nitrogen and oxygen atoms in total. The summed E-state index contributed by atoms with van der Waals surface area (Å²) in [6.07, 6.45) is 8.30. The van der Waals surface area contributed by atoms with Crippen molar-refractivity contribution in [3.8, 4) is 0 Å². The zero-order valence-corrected chi connectivity index (χ0v) is 17.6. The standard InChI is InChI=1S/C22H31N3O4/c1-21(2,3)28-20(27)25-6-4-5-16(25)17(26)18-23-19(29-24-18)22-10-13-7-14(11-22)9-15(8-13)12-22/h13-16H,4-12H2,1-3H3/t13?,14?,15?,16-,22?/m0/s1. The third kappa shape index (κ3) is 3.36. The molecule has 0 aromatic carbocycles. The Morgan fingerprint density at radius 3 is 2.31 bits per heavy atom. The van der Waals surface area contributed by atoms with Gasteiger partial charge in [0.05, 0.1) is 5.41 Å². The summed E-state index contributed by atoms with van der Waals surface area (Å²) in [7, 11) is 0. The van der Waals surface area contributed by atoms with E-state index in [2.05, 4.69) is 10.1 Å². The van der Waals surface area contributed by atoms with Gasteiger partial charge in [0.25, 0.3) is 0 Å². The van der Waals surface area contributed by atoms with Crippen molar-refractivity contribution < 1.29 is 18.8 Å². The zero-order valence-electron chi connectivity index (χ0n) is 17.6. The topological polar surface area (TPSA) is 85.5 Å². The van der Waals surface area contributed by atoms with Crippen LogP contribution in [0.5, 0.6) is 0 Å². The summed E-state index contributed by atoms with van der Waals surface area (Å²) in [6, 6.07) is -0.563. The molecule has 1 saturated heterocycles. The normalized spacial score (nSPS) is 35.9. The summed E-state index contributed by atoms with van der Waals surface area (Å²) in [5.74, 6) is 2.85. The Morgan fingerprint density at radius 2 is 1.72 bits per heavy atom. The van der Waals surface area contributed by atoms with Crippen LogP contribution in [-0.2, 0) is 10.2 Å². The van der Waals surface area contributed by atoms with Gasteiger partial charge in [-0.3, -0.25) is 9.69 Å². The Balaban J connectivity index is 1.34. The van der Waals surface area contributed by atoms with E-state index in [1.165, 1.54) is 24.2 Å². The van der Waals surface area contributed by atoms with E-state index in [0.717, 1.165) is 43.4 Å². The van der Waals surface area contributed by atoms with E-state index >= 15 is 0 Å². The number of Topliss-reactive ketones (excluding diaryl/α,β-unsaturated/α-hetero) is 1. The second-order valence-electron chi connectivity index (χ2n) is 10.8. The Morgan fingerprint density at radius 1 is 1.10 bits per heavy atom. The van der Waals surface area contributed by atoms with Crippen LogP contribution in [0.1, 0.15) is 88.6 Å². The van der Waals surface area contributed by atoms with Gasteiger partial charge in [0.15, 0.2) is 0 Å². The van der Waals surface area contributed by atoms with Crippen LogP contribution in [0.2, 0.25) is 0 Å². The van der Waals surface area contributed by atoms with Gasteiger partial charge in [0.2, 0.25) is 17.5 Å². The first-order chi connectivity index (χ1) is 13.7. The number of aromatic nitrogens is 2. The smallest absolute Gasteiger partial charge is 0.410 e. The predicted molar refractivity (Wildman–Crippen MR) is 104 cm³/mol. The largest absolute Gasteiger partial charge is 0.444 e. The first-order valence-corrected chi connectivity index (χ1v) is 11.1. The van der Waals surface area contributed by atoms with E-state index in [9.17, 15) is 9.59 Å². The first kappa shape index (κ1) is 19.1. The highest BCUT2D eigenvalue weighted by Gasteiger charge is 2.54. The molecule has 1 amide bonds. The summed E-state index contributed by atoms with van der Waals surface area (Å²) in [6.45, 7) is 6.00. The lowest BCUT2D eigenvalue weighted by atomic mass is 9.49. The van der Waals surface area contributed by atoms with E-state index in [1.54, 1.807) is 0 Å². The molecule has 2 heterocycles. The molecule has 0 N–H and O–H groups in total. The number of ether oxygens (including phenoxy) is 1. The molecule has 6 rings (SSSR count). The van der Waals surface area contributed by atoms with Gasteiger partial charge < -0.3 is 9.26 Å². The average Bonchev–Trinajstić information content (AvgIpc) is 3.29. The fraction of sp³-hybridized carbons (Fsp3) is 0.818. The molecule has 4 saturated carbocycles. The minimum atomic E-state index is -0.592. The highest BCUT2D eigenvalue weighted by molar-refractivity contribution is 5.98. The Kier molecular flexibility index (Phi) is 4.30. The fourth-order valence-electron chi connectivity index (χ4n) is 6.64. The summed E-state index contributed by atoms with van der Waals surface area (Å²) in [5.41, 5.74) is -0.619. The lowest BCUT2D eigenvalue weighted by Gasteiger charge is -2.55. The molecule has 0 spiro atoms. The number of rotatable bonds is 3. The number of carbonyl (C=O) groups is 2. The number of ketones is 1. The van der Waals surface area contributed by atoms with Gasteiger partial charge >= 0.3 is 6.09 Å². The number of nitrogens with zero attached hydrogens (tertiary/aromatic N) is 3. The van der Waals surface area contributed by atoms with Gasteiger partial charge in [-0.2, -0.15) is 4.98 Å². The molecule has 1 aromatic heterocycles. The highest BCUT2D eigenvalue weighted by Crippen LogP contribution is 2.60. The molecule has 1 atom stereocenters. The first-order valence-electron chi connectivity index (χ1n) is 11.1. The summed E-state index contributed by atoms with van der Waals surface area (Å²) < 4.78 is 11.2. The maximum atomic E-state index is 13.1. The number of hydrogen-bond acceptors (Lipinski definition) is 6. The number of carbonyl (C=O) groups excluding carboxylic acids is 2. The summed E-state index contributed by atoms with van der Waals surface area (Å²) in [5, 5.41) is 4.07. The molecule has 29 heavy (non-hydrogen) atoms. The second kappa shape index (κ2) is 6.54. The van der Waals surface area contributed by atoms with E-state index in [1.807, 2.05) is 20.8 Å². The van der Waals surface area contributed by atoms with Crippen molar-refractivity contribution in [1.82, 2.24) is 15.0 Å². The van der Waals surface area contributed by atoms with Crippen molar-refractivity contribution >= 4 is 11.9 Å². The highest BCUT2D eigenvalue weighted by atomic mass is 16.6. The molecule has 0 radical (unpaired) electrons. The maximum absolute atomic E-state index is 13.1. The van der Waals surface area contributed by atoms with Crippen LogP contribution in [0, 0.1) is 17.8 Å². The van der Waals surface area contributed by atoms with Gasteiger partial charge in [-0.1, -0.05) is 5.16 Å². The van der Waals surface area contributed by atoms with Crippen molar-refractivity contribution in [3.05, 3.63) is 11.7 Å². The van der Waals surface area contributed by atoms with E-state index < -0.39 is 17.7 Å². The van der Waals surface area contributed by atoms with Crippen molar-refractivity contribution in [3.63, 3.8) is 0 Å². The molecule has 1 aromatic rings. The van der Waals surface area contributed by atoms with E-state index in [-0.39, 0.29) is 17.0 Å². The summed E-state index contributed by atoms with van der Waals surface area (Å²) in [4.78, 5) is 31.8. The van der Waals surface area contributed by atoms with E-state index in [4.69, 9.17) is 9.26 Å². The van der Waals surface area contributed by atoms with Crippen molar-refractivity contribution in [2.75, 3.05) is 6.54 Å². The van der Waals surface area contributed by atoms with Gasteiger partial charge in [0, 0.05) is 6.54 Å². The van der Waals surface area contributed by atoms with Crippen molar-refractivity contribution in [2.45, 2.75) is 89.2 Å². The predicted octanol–water partition coefficient (Wildman–Crippen LogP) is 4.12. The number of likely N-dealkylation sites (tertiary alicyclic amines) is 1. The number of amides is 1. The van der Waals surface area contributed by atoms with Crippen LogP contribution in [0.4, 0.5) is 4.79 Å². The Bertz CT molecular complexity index is 789. The monoisotopic (exact) mass is 401 g/mol. The van der Waals surface area contributed by atoms with Gasteiger partial charge in [-0.05, 0) is 89.9 Å². The molecule has 4 bridgehead atoms. The number of hydrogen-bond donors (Lipinski definition) is 0. The average molecular weight is 402 g/mol. The third-order valence-electron chi connectivity index (χ3n) is 7.32. The van der Waals surface area contributed by atoms with Gasteiger partial charge in [0.1, 0.15) is 11.6 Å². The molecule has 5 fully saturated rings. The molecule has 4 aliphatic carbocycles. The van der Waals surface area contributed by atoms with Crippen LogP contribution in [0.25, 0.3) is 0 Å². The quantitative estimate of drug-likeness (QED) is 0.708. The van der Waals surface area contributed by atoms with Crippen LogP contribution in [-0.4, -0.2) is 45.1 Å². The van der Waals surface area contributed by atoms with E-state index in [0.29, 0.717) is 18.9 Å². The molecule has 158 valence electrons. The van der Waals surface area contributed by atoms with Gasteiger partial charge in [-0.15, -0.1) is 0 Å². The molecule has 5 aliphatic rings. The van der Waals surface area contributed by atoms with Crippen molar-refractivity contribution in [2.24, 2.45) is 17.8 Å². The van der Waals surface area contributed by atoms with Crippen molar-refractivity contribution in [1.29, 1.82) is 0 Å². The molecular weight excluding hydrogens is 370 g/mol. The Labute approximate surface area is 171 Å². The third-order valence-corrected chi connectivity index (χ3v) is 7.32. The lowest BCUT2D eigenvalue weighted by Crippen LogP contribution is -2.48. The van der Waals surface area contributed by atoms with Gasteiger partial charge in [-0.25, -0.2) is 4.79 Å². The maximum Gasteiger partial charge on any atom is 0.410 e. The Hall–Kier alpha value is -1.92. The lowest BCUT2D eigenvalue weighted by molar-refractivity contribution is -0.0201. The zero-order chi connectivity index (χ0) is 20.4. The minimum absolute atomic E-state index is 0.0270. The van der Waals surface area contributed by atoms with Crippen LogP contribution >= 0.6 is 0 Å². The minimum Gasteiger partial charge on any atom is -0.444 e. The van der Waals surface area contributed by atoms with Crippen LogP contribution < -0.4 is 0 Å². The SMILES string of the molecule is CC(C)(C)OC(=O)N1CCC[C@H]1C(=O)c1noc(C23CC4CC(CC(C4)C2)C3)n1.